The lowest BCUT2D eigenvalue weighted by atomic mass is 10.3. The number of aromatic nitrogens is 2. The maximum absolute atomic E-state index is 11.9. The molecule has 0 fully saturated rings. The largest absolute Gasteiger partial charge is 0.411 e. The van der Waals surface area contributed by atoms with Gasteiger partial charge in [-0.05, 0) is 18.2 Å². The summed E-state index contributed by atoms with van der Waals surface area (Å²) in [6.45, 7) is -1.21. The third-order valence-corrected chi connectivity index (χ3v) is 2.70. The van der Waals surface area contributed by atoms with Crippen LogP contribution in [-0.2, 0) is 11.3 Å². The van der Waals surface area contributed by atoms with Crippen molar-refractivity contribution < 1.29 is 17.9 Å². The summed E-state index contributed by atoms with van der Waals surface area (Å²) >= 11 is 5.86. The number of ether oxygens (including phenoxy) is 1. The Hall–Kier alpha value is -1.47. The molecule has 2 aromatic rings. The first-order valence-electron chi connectivity index (χ1n) is 5.42. The summed E-state index contributed by atoms with van der Waals surface area (Å²) in [5, 5.41) is 0.504. The van der Waals surface area contributed by atoms with Gasteiger partial charge in [0.1, 0.15) is 6.61 Å². The standard InChI is InChI=1S/C11H11ClF3N3O/c12-7-1-2-8-9(5-7)18(10(16)17-8)3-4-19-6-11(13,14)15/h1-2,5H,3-4,6H2,(H2,16,17). The van der Waals surface area contributed by atoms with Crippen LogP contribution in [0, 0.1) is 0 Å². The van der Waals surface area contributed by atoms with Crippen LogP contribution in [0.25, 0.3) is 11.0 Å². The summed E-state index contributed by atoms with van der Waals surface area (Å²) in [6.07, 6.45) is -4.33. The van der Waals surface area contributed by atoms with Gasteiger partial charge in [-0.25, -0.2) is 4.98 Å². The number of alkyl halides is 3. The van der Waals surface area contributed by atoms with Crippen LogP contribution in [0.4, 0.5) is 19.1 Å². The van der Waals surface area contributed by atoms with Gasteiger partial charge >= 0.3 is 6.18 Å². The topological polar surface area (TPSA) is 53.1 Å². The SMILES string of the molecule is Nc1nc2ccc(Cl)cc2n1CCOCC(F)(F)F. The third-order valence-electron chi connectivity index (χ3n) is 2.46. The van der Waals surface area contributed by atoms with Crippen molar-refractivity contribution in [3.8, 4) is 0 Å². The lowest BCUT2D eigenvalue weighted by molar-refractivity contribution is -0.174. The number of imidazole rings is 1. The van der Waals surface area contributed by atoms with Gasteiger partial charge in [0.25, 0.3) is 0 Å². The summed E-state index contributed by atoms with van der Waals surface area (Å²) in [5.41, 5.74) is 7.01. The Labute approximate surface area is 111 Å². The number of nitrogen functional groups attached to an aromatic ring is 1. The van der Waals surface area contributed by atoms with Gasteiger partial charge in [0.05, 0.1) is 17.6 Å². The molecule has 1 aromatic heterocycles. The number of nitrogens with zero attached hydrogens (tertiary/aromatic N) is 2. The van der Waals surface area contributed by atoms with Gasteiger partial charge in [-0.3, -0.25) is 0 Å². The van der Waals surface area contributed by atoms with Gasteiger partial charge in [-0.2, -0.15) is 13.2 Å². The first-order valence-corrected chi connectivity index (χ1v) is 5.80. The number of rotatable bonds is 4. The maximum Gasteiger partial charge on any atom is 0.411 e. The lowest BCUT2D eigenvalue weighted by Gasteiger charge is -2.09. The van der Waals surface area contributed by atoms with Gasteiger partial charge in [-0.15, -0.1) is 0 Å². The number of nitrogens with two attached hydrogens (primary N) is 1. The van der Waals surface area contributed by atoms with Gasteiger partial charge in [0, 0.05) is 11.6 Å². The molecule has 0 radical (unpaired) electrons. The molecule has 0 saturated heterocycles. The monoisotopic (exact) mass is 293 g/mol. The molecule has 4 nitrogen and oxygen atoms in total. The molecule has 0 saturated carbocycles. The Morgan fingerprint density at radius 2 is 2.11 bits per heavy atom. The Morgan fingerprint density at radius 3 is 2.79 bits per heavy atom. The number of benzene rings is 1. The summed E-state index contributed by atoms with van der Waals surface area (Å²) < 4.78 is 41.9. The molecule has 0 atom stereocenters. The van der Waals surface area contributed by atoms with E-state index in [9.17, 15) is 13.2 Å². The van der Waals surface area contributed by atoms with Crippen molar-refractivity contribution in [1.29, 1.82) is 0 Å². The molecule has 0 spiro atoms. The number of halogens is 4. The Morgan fingerprint density at radius 1 is 1.37 bits per heavy atom. The second-order valence-corrected chi connectivity index (χ2v) is 4.36. The van der Waals surface area contributed by atoms with Crippen LogP contribution in [0.2, 0.25) is 5.02 Å². The molecule has 2 rings (SSSR count). The zero-order chi connectivity index (χ0) is 14.0. The predicted octanol–water partition coefficient (Wildman–Crippen LogP) is 2.85. The van der Waals surface area contributed by atoms with Gasteiger partial charge in [0.15, 0.2) is 0 Å². The molecular formula is C11H11ClF3N3O. The highest BCUT2D eigenvalue weighted by molar-refractivity contribution is 6.31. The molecule has 0 unspecified atom stereocenters. The number of hydrogen-bond acceptors (Lipinski definition) is 3. The highest BCUT2D eigenvalue weighted by atomic mass is 35.5. The van der Waals surface area contributed by atoms with Crippen molar-refractivity contribution in [3.63, 3.8) is 0 Å². The maximum atomic E-state index is 11.9. The molecule has 1 aromatic carbocycles. The van der Waals surface area contributed by atoms with Crippen LogP contribution in [-0.4, -0.2) is 28.9 Å². The summed E-state index contributed by atoms with van der Waals surface area (Å²) in [4.78, 5) is 4.09. The molecule has 0 aliphatic heterocycles. The molecule has 0 amide bonds. The summed E-state index contributed by atoms with van der Waals surface area (Å²) in [6, 6.07) is 5.02. The Balaban J connectivity index is 2.08. The van der Waals surface area contributed by atoms with Crippen molar-refractivity contribution in [1.82, 2.24) is 9.55 Å². The lowest BCUT2D eigenvalue weighted by Crippen LogP contribution is -2.19. The Kier molecular flexibility index (Phi) is 3.86. The van der Waals surface area contributed by atoms with Crippen molar-refractivity contribution in [3.05, 3.63) is 23.2 Å². The van der Waals surface area contributed by atoms with Crippen LogP contribution in [0.3, 0.4) is 0 Å². The number of anilines is 1. The van der Waals surface area contributed by atoms with Gasteiger partial charge < -0.3 is 15.0 Å². The van der Waals surface area contributed by atoms with E-state index in [1.54, 1.807) is 22.8 Å². The smallest absolute Gasteiger partial charge is 0.370 e. The zero-order valence-corrected chi connectivity index (χ0v) is 10.5. The predicted molar refractivity (Wildman–Crippen MR) is 66.0 cm³/mol. The van der Waals surface area contributed by atoms with E-state index in [4.69, 9.17) is 17.3 Å². The number of hydrogen-bond donors (Lipinski definition) is 1. The molecule has 1 heterocycles. The van der Waals surface area contributed by atoms with E-state index < -0.39 is 12.8 Å². The van der Waals surface area contributed by atoms with E-state index in [2.05, 4.69) is 9.72 Å². The van der Waals surface area contributed by atoms with Crippen molar-refractivity contribution in [2.24, 2.45) is 0 Å². The van der Waals surface area contributed by atoms with E-state index in [1.165, 1.54) is 0 Å². The molecule has 104 valence electrons. The van der Waals surface area contributed by atoms with Crippen LogP contribution in [0.15, 0.2) is 18.2 Å². The fourth-order valence-electron chi connectivity index (χ4n) is 1.69. The highest BCUT2D eigenvalue weighted by Crippen LogP contribution is 2.22. The average Bonchev–Trinajstić information content (AvgIpc) is 2.59. The molecule has 0 aliphatic carbocycles. The fourth-order valence-corrected chi connectivity index (χ4v) is 1.86. The van der Waals surface area contributed by atoms with E-state index in [1.807, 2.05) is 0 Å². The highest BCUT2D eigenvalue weighted by Gasteiger charge is 2.27. The molecule has 0 aliphatic rings. The minimum absolute atomic E-state index is 0.109. The second kappa shape index (κ2) is 5.26. The van der Waals surface area contributed by atoms with E-state index in [0.29, 0.717) is 16.1 Å². The van der Waals surface area contributed by atoms with Crippen LogP contribution in [0.5, 0.6) is 0 Å². The fraction of sp³-hybridized carbons (Fsp3) is 0.364. The van der Waals surface area contributed by atoms with Gasteiger partial charge in [-0.1, -0.05) is 11.6 Å². The molecule has 0 bridgehead atoms. The van der Waals surface area contributed by atoms with Crippen molar-refractivity contribution in [2.45, 2.75) is 12.7 Å². The molecule has 8 heteroatoms. The van der Waals surface area contributed by atoms with E-state index >= 15 is 0 Å². The quantitative estimate of drug-likeness (QED) is 0.882. The van der Waals surface area contributed by atoms with E-state index in [0.717, 1.165) is 0 Å². The molecular weight excluding hydrogens is 283 g/mol. The molecule has 19 heavy (non-hydrogen) atoms. The summed E-state index contributed by atoms with van der Waals surface area (Å²) in [5.74, 6) is 0.216. The normalized spacial score (nSPS) is 12.2. The second-order valence-electron chi connectivity index (χ2n) is 3.92. The average molecular weight is 294 g/mol. The van der Waals surface area contributed by atoms with E-state index in [-0.39, 0.29) is 19.1 Å². The van der Waals surface area contributed by atoms with Crippen molar-refractivity contribution in [2.75, 3.05) is 18.9 Å². The first-order chi connectivity index (χ1) is 8.87. The van der Waals surface area contributed by atoms with Crippen LogP contribution < -0.4 is 5.73 Å². The van der Waals surface area contributed by atoms with Crippen LogP contribution >= 0.6 is 11.6 Å². The van der Waals surface area contributed by atoms with Gasteiger partial charge in [0.2, 0.25) is 5.95 Å². The summed E-state index contributed by atoms with van der Waals surface area (Å²) in [7, 11) is 0. The third kappa shape index (κ3) is 3.51. The zero-order valence-electron chi connectivity index (χ0n) is 9.75. The van der Waals surface area contributed by atoms with Crippen molar-refractivity contribution >= 4 is 28.6 Å². The molecule has 2 N–H and O–H groups in total. The first kappa shape index (κ1) is 14.0. The Bertz CT molecular complexity index is 582. The minimum atomic E-state index is -4.33. The van der Waals surface area contributed by atoms with Crippen LogP contribution in [0.1, 0.15) is 0 Å². The number of fused-ring (bicyclic) bond motifs is 1. The minimum Gasteiger partial charge on any atom is -0.370 e.